The van der Waals surface area contributed by atoms with Gasteiger partial charge in [0.25, 0.3) is 0 Å². The summed E-state index contributed by atoms with van der Waals surface area (Å²) >= 11 is 1.16. The number of carbonyl (C=O) groups is 1. The molecule has 6 nitrogen and oxygen atoms in total. The maximum atomic E-state index is 11.1. The van der Waals surface area contributed by atoms with E-state index in [0.29, 0.717) is 23.3 Å². The number of aromatic nitrogens is 3. The SMILES string of the molecule is CC(Sc1nnc(-c2ccco2)n1Cc1ccccc1)C(=O)O. The largest absolute Gasteiger partial charge is 0.480 e. The predicted molar refractivity (Wildman–Crippen MR) is 86.2 cm³/mol. The molecule has 1 N–H and O–H groups in total. The number of carboxylic acids is 1. The van der Waals surface area contributed by atoms with Crippen LogP contribution in [0, 0.1) is 0 Å². The molecule has 0 spiro atoms. The van der Waals surface area contributed by atoms with Crippen molar-refractivity contribution in [2.24, 2.45) is 0 Å². The Kier molecular flexibility index (Phi) is 4.47. The van der Waals surface area contributed by atoms with Crippen LogP contribution in [0.4, 0.5) is 0 Å². The molecule has 0 fully saturated rings. The first-order chi connectivity index (χ1) is 11.1. The molecule has 0 saturated carbocycles. The van der Waals surface area contributed by atoms with Crippen molar-refractivity contribution in [1.82, 2.24) is 14.8 Å². The molecule has 7 heteroatoms. The Hall–Kier alpha value is -2.54. The highest BCUT2D eigenvalue weighted by molar-refractivity contribution is 8.00. The summed E-state index contributed by atoms with van der Waals surface area (Å²) in [6, 6.07) is 13.5. The Morgan fingerprint density at radius 3 is 2.70 bits per heavy atom. The average molecular weight is 329 g/mol. The lowest BCUT2D eigenvalue weighted by molar-refractivity contribution is -0.136. The smallest absolute Gasteiger partial charge is 0.316 e. The number of thioether (sulfide) groups is 1. The summed E-state index contributed by atoms with van der Waals surface area (Å²) in [5.74, 6) is 0.297. The van der Waals surface area contributed by atoms with E-state index in [-0.39, 0.29) is 0 Å². The van der Waals surface area contributed by atoms with Crippen LogP contribution in [0.1, 0.15) is 12.5 Å². The molecule has 2 aromatic heterocycles. The van der Waals surface area contributed by atoms with Gasteiger partial charge in [-0.2, -0.15) is 0 Å². The Labute approximate surface area is 137 Å². The first-order valence-corrected chi connectivity index (χ1v) is 7.93. The standard InChI is InChI=1S/C16H15N3O3S/c1-11(15(20)21)23-16-18-17-14(13-8-5-9-22-13)19(16)10-12-6-3-2-4-7-12/h2-9,11H,10H2,1H3,(H,20,21). The number of aliphatic carboxylic acids is 1. The zero-order chi connectivity index (χ0) is 16.2. The molecule has 0 aliphatic carbocycles. The molecular formula is C16H15N3O3S. The van der Waals surface area contributed by atoms with Crippen molar-refractivity contribution in [3.05, 3.63) is 54.3 Å². The lowest BCUT2D eigenvalue weighted by Crippen LogP contribution is -2.13. The molecule has 0 bridgehead atoms. The highest BCUT2D eigenvalue weighted by atomic mass is 32.2. The van der Waals surface area contributed by atoms with Gasteiger partial charge in [0.2, 0.25) is 5.82 Å². The van der Waals surface area contributed by atoms with Crippen LogP contribution in [-0.4, -0.2) is 31.1 Å². The van der Waals surface area contributed by atoms with Gasteiger partial charge in [0, 0.05) is 0 Å². The predicted octanol–water partition coefficient (Wildman–Crippen LogP) is 3.15. The van der Waals surface area contributed by atoms with Crippen molar-refractivity contribution in [1.29, 1.82) is 0 Å². The highest BCUT2D eigenvalue weighted by Crippen LogP contribution is 2.28. The molecule has 118 valence electrons. The van der Waals surface area contributed by atoms with E-state index >= 15 is 0 Å². The summed E-state index contributed by atoms with van der Waals surface area (Å²) < 4.78 is 7.29. The molecule has 3 aromatic rings. The highest BCUT2D eigenvalue weighted by Gasteiger charge is 2.21. The van der Waals surface area contributed by atoms with Crippen LogP contribution in [-0.2, 0) is 11.3 Å². The van der Waals surface area contributed by atoms with Gasteiger partial charge in [-0.05, 0) is 24.6 Å². The van der Waals surface area contributed by atoms with Gasteiger partial charge in [-0.15, -0.1) is 10.2 Å². The van der Waals surface area contributed by atoms with Gasteiger partial charge in [-0.1, -0.05) is 42.1 Å². The summed E-state index contributed by atoms with van der Waals surface area (Å²) in [5.41, 5.74) is 1.07. The molecule has 2 heterocycles. The van der Waals surface area contributed by atoms with Gasteiger partial charge in [-0.25, -0.2) is 0 Å². The van der Waals surface area contributed by atoms with E-state index in [1.54, 1.807) is 25.3 Å². The van der Waals surface area contributed by atoms with E-state index in [9.17, 15) is 4.79 Å². The van der Waals surface area contributed by atoms with Crippen molar-refractivity contribution in [3.63, 3.8) is 0 Å². The number of carboxylic acid groups (broad SMARTS) is 1. The summed E-state index contributed by atoms with van der Waals surface area (Å²) in [6.45, 7) is 2.17. The van der Waals surface area contributed by atoms with Gasteiger partial charge in [0.1, 0.15) is 5.25 Å². The van der Waals surface area contributed by atoms with E-state index < -0.39 is 11.2 Å². The third kappa shape index (κ3) is 3.45. The molecule has 0 aliphatic rings. The molecule has 23 heavy (non-hydrogen) atoms. The fourth-order valence-electron chi connectivity index (χ4n) is 2.08. The Morgan fingerprint density at radius 2 is 2.04 bits per heavy atom. The number of hydrogen-bond donors (Lipinski definition) is 1. The van der Waals surface area contributed by atoms with Crippen LogP contribution in [0.3, 0.4) is 0 Å². The number of furan rings is 1. The van der Waals surface area contributed by atoms with Crippen molar-refractivity contribution >= 4 is 17.7 Å². The van der Waals surface area contributed by atoms with Gasteiger partial charge < -0.3 is 9.52 Å². The van der Waals surface area contributed by atoms with E-state index in [2.05, 4.69) is 10.2 Å². The fraction of sp³-hybridized carbons (Fsp3) is 0.188. The third-order valence-electron chi connectivity index (χ3n) is 3.27. The minimum atomic E-state index is -0.885. The molecule has 1 unspecified atom stereocenters. The van der Waals surface area contributed by atoms with E-state index in [1.807, 2.05) is 34.9 Å². The van der Waals surface area contributed by atoms with Crippen molar-refractivity contribution in [2.75, 3.05) is 0 Å². The van der Waals surface area contributed by atoms with Crippen LogP contribution < -0.4 is 0 Å². The fourth-order valence-corrected chi connectivity index (χ4v) is 2.86. The normalized spacial score (nSPS) is 12.2. The summed E-state index contributed by atoms with van der Waals surface area (Å²) in [5, 5.41) is 17.4. The van der Waals surface area contributed by atoms with Crippen LogP contribution in [0.2, 0.25) is 0 Å². The zero-order valence-electron chi connectivity index (χ0n) is 12.4. The lowest BCUT2D eigenvalue weighted by Gasteiger charge is -2.10. The van der Waals surface area contributed by atoms with Crippen molar-refractivity contribution in [3.8, 4) is 11.6 Å². The summed E-state index contributed by atoms with van der Waals surface area (Å²) in [7, 11) is 0. The molecule has 3 rings (SSSR count). The third-order valence-corrected chi connectivity index (χ3v) is 4.34. The van der Waals surface area contributed by atoms with Gasteiger partial charge in [0.05, 0.1) is 12.8 Å². The van der Waals surface area contributed by atoms with E-state index in [0.717, 1.165) is 17.3 Å². The van der Waals surface area contributed by atoms with E-state index in [4.69, 9.17) is 9.52 Å². The monoisotopic (exact) mass is 329 g/mol. The second-order valence-corrected chi connectivity index (χ2v) is 6.26. The first kappa shape index (κ1) is 15.4. The molecule has 1 aromatic carbocycles. The molecule has 0 aliphatic heterocycles. The van der Waals surface area contributed by atoms with E-state index in [1.165, 1.54) is 0 Å². The van der Waals surface area contributed by atoms with Gasteiger partial charge in [-0.3, -0.25) is 9.36 Å². The van der Waals surface area contributed by atoms with Crippen LogP contribution in [0.5, 0.6) is 0 Å². The van der Waals surface area contributed by atoms with Crippen molar-refractivity contribution in [2.45, 2.75) is 23.9 Å². The topological polar surface area (TPSA) is 81.2 Å². The lowest BCUT2D eigenvalue weighted by atomic mass is 10.2. The Bertz CT molecular complexity index is 784. The Balaban J connectivity index is 1.98. The van der Waals surface area contributed by atoms with Crippen molar-refractivity contribution < 1.29 is 14.3 Å². The Morgan fingerprint density at radius 1 is 1.26 bits per heavy atom. The maximum Gasteiger partial charge on any atom is 0.316 e. The molecule has 1 atom stereocenters. The molecule has 0 radical (unpaired) electrons. The minimum absolute atomic E-state index is 0.540. The second-order valence-electron chi connectivity index (χ2n) is 4.95. The summed E-state index contributed by atoms with van der Waals surface area (Å²) in [6.07, 6.45) is 1.57. The number of benzene rings is 1. The quantitative estimate of drug-likeness (QED) is 0.700. The van der Waals surface area contributed by atoms with Crippen LogP contribution in [0.25, 0.3) is 11.6 Å². The van der Waals surface area contributed by atoms with Crippen LogP contribution >= 0.6 is 11.8 Å². The van der Waals surface area contributed by atoms with Gasteiger partial charge >= 0.3 is 5.97 Å². The first-order valence-electron chi connectivity index (χ1n) is 7.05. The van der Waals surface area contributed by atoms with Gasteiger partial charge in [0.15, 0.2) is 10.9 Å². The number of rotatable bonds is 6. The second kappa shape index (κ2) is 6.70. The summed E-state index contributed by atoms with van der Waals surface area (Å²) in [4.78, 5) is 11.1. The molecular weight excluding hydrogens is 314 g/mol. The maximum absolute atomic E-state index is 11.1. The molecule has 0 amide bonds. The number of nitrogens with zero attached hydrogens (tertiary/aromatic N) is 3. The zero-order valence-corrected chi connectivity index (χ0v) is 13.2. The number of hydrogen-bond acceptors (Lipinski definition) is 5. The van der Waals surface area contributed by atoms with Crippen LogP contribution in [0.15, 0.2) is 58.3 Å². The average Bonchev–Trinajstić information content (AvgIpc) is 3.19. The minimum Gasteiger partial charge on any atom is -0.480 e. The molecule has 0 saturated heterocycles.